The zero-order chi connectivity index (χ0) is 11.1. The smallest absolute Gasteiger partial charge is 0.0501 e. The second-order valence-corrected chi connectivity index (χ2v) is 6.35. The molecule has 3 unspecified atom stereocenters. The van der Waals surface area contributed by atoms with E-state index in [-0.39, 0.29) is 0 Å². The van der Waals surface area contributed by atoms with Gasteiger partial charge < -0.3 is 5.32 Å². The molecule has 15 heavy (non-hydrogen) atoms. The van der Waals surface area contributed by atoms with Crippen molar-refractivity contribution in [2.24, 2.45) is 0 Å². The molecular formula is C12H25NOS. The SMILES string of the molecule is CCCNC1CCCCCC1S(=O)CC. The molecule has 1 saturated carbocycles. The fraction of sp³-hybridized carbons (Fsp3) is 1.00. The maximum Gasteiger partial charge on any atom is 0.0501 e. The normalized spacial score (nSPS) is 29.7. The number of hydrogen-bond donors (Lipinski definition) is 1. The Morgan fingerprint density at radius 2 is 1.93 bits per heavy atom. The van der Waals surface area contributed by atoms with Crippen molar-refractivity contribution in [3.63, 3.8) is 0 Å². The lowest BCUT2D eigenvalue weighted by Gasteiger charge is -2.25. The molecule has 1 N–H and O–H groups in total. The molecule has 0 bridgehead atoms. The van der Waals surface area contributed by atoms with Crippen LogP contribution in [0.4, 0.5) is 0 Å². The fourth-order valence-corrected chi connectivity index (χ4v) is 3.82. The third-order valence-corrected chi connectivity index (χ3v) is 5.04. The van der Waals surface area contributed by atoms with Crippen molar-refractivity contribution in [2.75, 3.05) is 12.3 Å². The molecule has 0 saturated heterocycles. The van der Waals surface area contributed by atoms with Crippen LogP contribution in [0.15, 0.2) is 0 Å². The molecule has 3 atom stereocenters. The predicted octanol–water partition coefficient (Wildman–Crippen LogP) is 2.46. The Morgan fingerprint density at radius 1 is 1.20 bits per heavy atom. The molecule has 0 aromatic heterocycles. The zero-order valence-corrected chi connectivity index (χ0v) is 10.9. The van der Waals surface area contributed by atoms with Crippen molar-refractivity contribution in [3.8, 4) is 0 Å². The summed E-state index contributed by atoms with van der Waals surface area (Å²) in [4.78, 5) is 0. The van der Waals surface area contributed by atoms with Crippen LogP contribution in [0.5, 0.6) is 0 Å². The highest BCUT2D eigenvalue weighted by Gasteiger charge is 2.26. The average molecular weight is 231 g/mol. The van der Waals surface area contributed by atoms with Crippen LogP contribution in [0.1, 0.15) is 52.4 Å². The molecule has 90 valence electrons. The van der Waals surface area contributed by atoms with Crippen LogP contribution in [-0.2, 0) is 10.8 Å². The highest BCUT2D eigenvalue weighted by molar-refractivity contribution is 7.85. The van der Waals surface area contributed by atoms with E-state index in [9.17, 15) is 4.21 Å². The Bertz CT molecular complexity index is 196. The Kier molecular flexibility index (Phi) is 6.50. The molecule has 0 aromatic rings. The minimum absolute atomic E-state index is 0.407. The van der Waals surface area contributed by atoms with E-state index in [2.05, 4.69) is 12.2 Å². The van der Waals surface area contributed by atoms with E-state index in [4.69, 9.17) is 0 Å². The van der Waals surface area contributed by atoms with E-state index in [1.807, 2.05) is 6.92 Å². The van der Waals surface area contributed by atoms with Gasteiger partial charge in [-0.1, -0.05) is 33.1 Å². The lowest BCUT2D eigenvalue weighted by molar-refractivity contribution is 0.463. The second kappa shape index (κ2) is 7.39. The lowest BCUT2D eigenvalue weighted by atomic mass is 10.1. The average Bonchev–Trinajstić information content (AvgIpc) is 2.50. The Balaban J connectivity index is 2.54. The summed E-state index contributed by atoms with van der Waals surface area (Å²) in [6, 6.07) is 0.508. The summed E-state index contributed by atoms with van der Waals surface area (Å²) >= 11 is 0. The molecule has 0 amide bonds. The van der Waals surface area contributed by atoms with Gasteiger partial charge in [-0.25, -0.2) is 0 Å². The van der Waals surface area contributed by atoms with Crippen molar-refractivity contribution in [3.05, 3.63) is 0 Å². The maximum atomic E-state index is 12.0. The topological polar surface area (TPSA) is 29.1 Å². The van der Waals surface area contributed by atoms with Crippen molar-refractivity contribution in [1.29, 1.82) is 0 Å². The van der Waals surface area contributed by atoms with Crippen LogP contribution in [0.3, 0.4) is 0 Å². The molecule has 3 heteroatoms. The molecule has 0 heterocycles. The summed E-state index contributed by atoms with van der Waals surface area (Å²) in [5, 5.41) is 3.99. The Hall–Kier alpha value is 0.110. The van der Waals surface area contributed by atoms with Gasteiger partial charge in [0.05, 0.1) is 5.25 Å². The largest absolute Gasteiger partial charge is 0.313 e. The quantitative estimate of drug-likeness (QED) is 0.736. The summed E-state index contributed by atoms with van der Waals surface area (Å²) in [7, 11) is -0.621. The van der Waals surface area contributed by atoms with Crippen molar-refractivity contribution in [2.45, 2.75) is 63.7 Å². The number of hydrogen-bond acceptors (Lipinski definition) is 2. The summed E-state index contributed by atoms with van der Waals surface area (Å²) in [5.41, 5.74) is 0. The number of nitrogens with one attached hydrogen (secondary N) is 1. The lowest BCUT2D eigenvalue weighted by Crippen LogP contribution is -2.42. The molecule has 0 aromatic carbocycles. The van der Waals surface area contributed by atoms with Crippen LogP contribution < -0.4 is 5.32 Å². The van der Waals surface area contributed by atoms with Crippen LogP contribution >= 0.6 is 0 Å². The molecule has 1 fully saturated rings. The van der Waals surface area contributed by atoms with Crippen molar-refractivity contribution < 1.29 is 4.21 Å². The van der Waals surface area contributed by atoms with Gasteiger partial charge in [0.25, 0.3) is 0 Å². The standard InChI is InChI=1S/C12H25NOS/c1-3-10-13-11-8-6-5-7-9-12(11)15(14)4-2/h11-13H,3-10H2,1-2H3. The third-order valence-electron chi connectivity index (χ3n) is 3.23. The van der Waals surface area contributed by atoms with Gasteiger partial charge in [-0.05, 0) is 25.8 Å². The first-order valence-electron chi connectivity index (χ1n) is 6.40. The van der Waals surface area contributed by atoms with Crippen LogP contribution in [-0.4, -0.2) is 27.8 Å². The first kappa shape index (κ1) is 13.2. The van der Waals surface area contributed by atoms with Gasteiger partial charge in [-0.3, -0.25) is 4.21 Å². The van der Waals surface area contributed by atoms with Crippen LogP contribution in [0.2, 0.25) is 0 Å². The van der Waals surface area contributed by atoms with Gasteiger partial charge in [-0.2, -0.15) is 0 Å². The molecule has 1 aliphatic rings. The van der Waals surface area contributed by atoms with Gasteiger partial charge in [0.15, 0.2) is 0 Å². The summed E-state index contributed by atoms with van der Waals surface area (Å²) in [6.45, 7) is 5.30. The summed E-state index contributed by atoms with van der Waals surface area (Å²) < 4.78 is 12.0. The van der Waals surface area contributed by atoms with Crippen molar-refractivity contribution in [1.82, 2.24) is 5.32 Å². The van der Waals surface area contributed by atoms with E-state index in [0.29, 0.717) is 11.3 Å². The third kappa shape index (κ3) is 4.23. The zero-order valence-electron chi connectivity index (χ0n) is 10.1. The van der Waals surface area contributed by atoms with E-state index in [1.54, 1.807) is 0 Å². The van der Waals surface area contributed by atoms with Crippen LogP contribution in [0.25, 0.3) is 0 Å². The first-order chi connectivity index (χ1) is 7.29. The highest BCUT2D eigenvalue weighted by Crippen LogP contribution is 2.22. The molecular weight excluding hydrogens is 206 g/mol. The fourth-order valence-electron chi connectivity index (χ4n) is 2.37. The van der Waals surface area contributed by atoms with Crippen LogP contribution in [0, 0.1) is 0 Å². The maximum absolute atomic E-state index is 12.0. The van der Waals surface area contributed by atoms with Gasteiger partial charge in [-0.15, -0.1) is 0 Å². The van der Waals surface area contributed by atoms with E-state index < -0.39 is 10.8 Å². The number of rotatable bonds is 5. The monoisotopic (exact) mass is 231 g/mol. The highest BCUT2D eigenvalue weighted by atomic mass is 32.2. The van der Waals surface area contributed by atoms with Gasteiger partial charge in [0.2, 0.25) is 0 Å². The predicted molar refractivity (Wildman–Crippen MR) is 67.6 cm³/mol. The van der Waals surface area contributed by atoms with E-state index in [0.717, 1.165) is 18.7 Å². The van der Waals surface area contributed by atoms with Crippen molar-refractivity contribution >= 4 is 10.8 Å². The molecule has 0 radical (unpaired) electrons. The molecule has 1 rings (SSSR count). The van der Waals surface area contributed by atoms with E-state index in [1.165, 1.54) is 32.1 Å². The molecule has 2 nitrogen and oxygen atoms in total. The minimum Gasteiger partial charge on any atom is -0.313 e. The Labute approximate surface area is 96.7 Å². The first-order valence-corrected chi connectivity index (χ1v) is 7.78. The Morgan fingerprint density at radius 3 is 2.60 bits per heavy atom. The van der Waals surface area contributed by atoms with Gasteiger partial charge >= 0.3 is 0 Å². The van der Waals surface area contributed by atoms with Gasteiger partial charge in [0.1, 0.15) is 0 Å². The minimum atomic E-state index is -0.621. The summed E-state index contributed by atoms with van der Waals surface area (Å²) in [6.07, 6.45) is 7.43. The molecule has 0 spiro atoms. The van der Waals surface area contributed by atoms with E-state index >= 15 is 0 Å². The van der Waals surface area contributed by atoms with Gasteiger partial charge in [0, 0.05) is 22.6 Å². The molecule has 1 aliphatic carbocycles. The summed E-state index contributed by atoms with van der Waals surface area (Å²) in [5.74, 6) is 0.814. The second-order valence-electron chi connectivity index (χ2n) is 4.41. The molecule has 0 aliphatic heterocycles.